The highest BCUT2D eigenvalue weighted by molar-refractivity contribution is 5.81. The number of hydrogen-bond donors (Lipinski definition) is 3. The van der Waals surface area contributed by atoms with Crippen LogP contribution in [0.25, 0.3) is 0 Å². The molecule has 1 unspecified atom stereocenters. The SMILES string of the molecule is CC(=O)NNC(=O)CN(C)C1CCCNCC1. The topological polar surface area (TPSA) is 73.5 Å². The van der Waals surface area contributed by atoms with Gasteiger partial charge in [0.05, 0.1) is 6.54 Å². The van der Waals surface area contributed by atoms with Gasteiger partial charge in [-0.1, -0.05) is 0 Å². The Hall–Kier alpha value is -1.14. The average Bonchev–Trinajstić information content (AvgIpc) is 2.54. The summed E-state index contributed by atoms with van der Waals surface area (Å²) in [5.74, 6) is -0.445. The van der Waals surface area contributed by atoms with Gasteiger partial charge in [0.2, 0.25) is 5.91 Å². The second kappa shape index (κ2) is 7.24. The van der Waals surface area contributed by atoms with Crippen LogP contribution in [-0.2, 0) is 9.59 Å². The summed E-state index contributed by atoms with van der Waals surface area (Å²) in [6, 6.07) is 0.438. The number of carbonyl (C=O) groups is 2. The maximum Gasteiger partial charge on any atom is 0.252 e. The van der Waals surface area contributed by atoms with E-state index in [9.17, 15) is 9.59 Å². The molecule has 2 amide bonds. The summed E-state index contributed by atoms with van der Waals surface area (Å²) in [5, 5.41) is 3.34. The van der Waals surface area contributed by atoms with Gasteiger partial charge in [-0.2, -0.15) is 0 Å². The van der Waals surface area contributed by atoms with Crippen LogP contribution in [-0.4, -0.2) is 49.4 Å². The molecular weight excluding hydrogens is 220 g/mol. The number of amides is 2. The van der Waals surface area contributed by atoms with Crippen molar-refractivity contribution in [3.8, 4) is 0 Å². The Morgan fingerprint density at radius 3 is 2.76 bits per heavy atom. The second-order valence-electron chi connectivity index (χ2n) is 4.48. The lowest BCUT2D eigenvalue weighted by atomic mass is 10.1. The molecule has 6 heteroatoms. The zero-order valence-corrected chi connectivity index (χ0v) is 10.6. The summed E-state index contributed by atoms with van der Waals surface area (Å²) in [4.78, 5) is 24.2. The zero-order valence-electron chi connectivity index (χ0n) is 10.6. The second-order valence-corrected chi connectivity index (χ2v) is 4.48. The van der Waals surface area contributed by atoms with Crippen LogP contribution >= 0.6 is 0 Å². The van der Waals surface area contributed by atoms with Gasteiger partial charge in [0.1, 0.15) is 0 Å². The molecule has 0 aromatic rings. The lowest BCUT2D eigenvalue weighted by molar-refractivity contribution is -0.128. The molecule has 0 aliphatic carbocycles. The Morgan fingerprint density at radius 1 is 1.29 bits per heavy atom. The van der Waals surface area contributed by atoms with Gasteiger partial charge in [-0.3, -0.25) is 25.3 Å². The van der Waals surface area contributed by atoms with E-state index < -0.39 is 0 Å². The summed E-state index contributed by atoms with van der Waals surface area (Å²) in [5.41, 5.74) is 4.66. The zero-order chi connectivity index (χ0) is 12.7. The summed E-state index contributed by atoms with van der Waals surface area (Å²) >= 11 is 0. The molecular formula is C11H22N4O2. The van der Waals surface area contributed by atoms with Crippen LogP contribution in [0.15, 0.2) is 0 Å². The molecule has 0 bridgehead atoms. The molecule has 0 saturated carbocycles. The highest BCUT2D eigenvalue weighted by Crippen LogP contribution is 2.10. The molecule has 0 aromatic carbocycles. The van der Waals surface area contributed by atoms with Crippen LogP contribution in [0, 0.1) is 0 Å². The van der Waals surface area contributed by atoms with E-state index in [0.29, 0.717) is 12.6 Å². The third-order valence-electron chi connectivity index (χ3n) is 2.94. The number of nitrogens with one attached hydrogen (secondary N) is 3. The van der Waals surface area contributed by atoms with E-state index in [1.807, 2.05) is 11.9 Å². The Balaban J connectivity index is 2.28. The van der Waals surface area contributed by atoms with Crippen LogP contribution in [0.5, 0.6) is 0 Å². The van der Waals surface area contributed by atoms with E-state index in [-0.39, 0.29) is 11.8 Å². The lowest BCUT2D eigenvalue weighted by Gasteiger charge is -2.26. The third kappa shape index (κ3) is 5.65. The van der Waals surface area contributed by atoms with Crippen molar-refractivity contribution >= 4 is 11.8 Å². The fourth-order valence-corrected chi connectivity index (χ4v) is 1.99. The molecule has 1 aliphatic rings. The van der Waals surface area contributed by atoms with E-state index in [0.717, 1.165) is 32.4 Å². The maximum absolute atomic E-state index is 11.5. The number of likely N-dealkylation sites (N-methyl/N-ethyl adjacent to an activating group) is 1. The van der Waals surface area contributed by atoms with E-state index in [2.05, 4.69) is 16.2 Å². The van der Waals surface area contributed by atoms with Crippen molar-refractivity contribution in [1.29, 1.82) is 0 Å². The van der Waals surface area contributed by atoms with E-state index in [4.69, 9.17) is 0 Å². The minimum Gasteiger partial charge on any atom is -0.317 e. The number of carbonyl (C=O) groups excluding carboxylic acids is 2. The highest BCUT2D eigenvalue weighted by atomic mass is 16.2. The first-order valence-electron chi connectivity index (χ1n) is 6.06. The lowest BCUT2D eigenvalue weighted by Crippen LogP contribution is -2.47. The molecule has 98 valence electrons. The normalized spacial score (nSPS) is 20.8. The quantitative estimate of drug-likeness (QED) is 0.568. The predicted molar refractivity (Wildman–Crippen MR) is 65.1 cm³/mol. The van der Waals surface area contributed by atoms with Gasteiger partial charge in [-0.05, 0) is 39.4 Å². The molecule has 17 heavy (non-hydrogen) atoms. The van der Waals surface area contributed by atoms with Crippen molar-refractivity contribution in [1.82, 2.24) is 21.1 Å². The first kappa shape index (κ1) is 13.9. The Kier molecular flexibility index (Phi) is 5.93. The van der Waals surface area contributed by atoms with Crippen molar-refractivity contribution in [2.24, 2.45) is 0 Å². The predicted octanol–water partition coefficient (Wildman–Crippen LogP) is -0.772. The van der Waals surface area contributed by atoms with Crippen LogP contribution in [0.3, 0.4) is 0 Å². The van der Waals surface area contributed by atoms with Crippen molar-refractivity contribution in [2.45, 2.75) is 32.2 Å². The molecule has 1 saturated heterocycles. The first-order chi connectivity index (χ1) is 8.09. The molecule has 1 heterocycles. The molecule has 0 aromatic heterocycles. The molecule has 1 rings (SSSR count). The van der Waals surface area contributed by atoms with E-state index in [1.165, 1.54) is 6.92 Å². The number of hydrazine groups is 1. The molecule has 1 fully saturated rings. The molecule has 3 N–H and O–H groups in total. The van der Waals surface area contributed by atoms with E-state index >= 15 is 0 Å². The van der Waals surface area contributed by atoms with Crippen LogP contribution in [0.1, 0.15) is 26.2 Å². The molecule has 6 nitrogen and oxygen atoms in total. The molecule has 1 atom stereocenters. The fourth-order valence-electron chi connectivity index (χ4n) is 1.99. The van der Waals surface area contributed by atoms with Crippen LogP contribution in [0.4, 0.5) is 0 Å². The minimum absolute atomic E-state index is 0.181. The Morgan fingerprint density at radius 2 is 2.06 bits per heavy atom. The van der Waals surface area contributed by atoms with Crippen LogP contribution in [0.2, 0.25) is 0 Å². The minimum atomic E-state index is -0.264. The summed E-state index contributed by atoms with van der Waals surface area (Å²) in [6.07, 6.45) is 3.31. The van der Waals surface area contributed by atoms with Crippen LogP contribution < -0.4 is 16.2 Å². The molecule has 0 spiro atoms. The van der Waals surface area contributed by atoms with Crippen molar-refractivity contribution < 1.29 is 9.59 Å². The number of nitrogens with zero attached hydrogens (tertiary/aromatic N) is 1. The van der Waals surface area contributed by atoms with Gasteiger partial charge < -0.3 is 5.32 Å². The van der Waals surface area contributed by atoms with Gasteiger partial charge in [0.15, 0.2) is 0 Å². The van der Waals surface area contributed by atoms with E-state index in [1.54, 1.807) is 0 Å². The Bertz CT molecular complexity index is 262. The van der Waals surface area contributed by atoms with Crippen molar-refractivity contribution in [3.63, 3.8) is 0 Å². The van der Waals surface area contributed by atoms with Gasteiger partial charge >= 0.3 is 0 Å². The van der Waals surface area contributed by atoms with Gasteiger partial charge in [-0.25, -0.2) is 0 Å². The standard InChI is InChI=1S/C11H22N4O2/c1-9(16)13-14-11(17)8-15(2)10-4-3-6-12-7-5-10/h10,12H,3-8H2,1-2H3,(H,13,16)(H,14,17). The van der Waals surface area contributed by atoms with Gasteiger partial charge in [0, 0.05) is 13.0 Å². The number of rotatable bonds is 3. The highest BCUT2D eigenvalue weighted by Gasteiger charge is 2.18. The van der Waals surface area contributed by atoms with Gasteiger partial charge in [0.25, 0.3) is 5.91 Å². The van der Waals surface area contributed by atoms with Crippen molar-refractivity contribution in [2.75, 3.05) is 26.7 Å². The Labute approximate surface area is 102 Å². The maximum atomic E-state index is 11.5. The first-order valence-corrected chi connectivity index (χ1v) is 6.06. The third-order valence-corrected chi connectivity index (χ3v) is 2.94. The molecule has 1 aliphatic heterocycles. The van der Waals surface area contributed by atoms with Gasteiger partial charge in [-0.15, -0.1) is 0 Å². The number of hydrogen-bond acceptors (Lipinski definition) is 4. The average molecular weight is 242 g/mol. The smallest absolute Gasteiger partial charge is 0.252 e. The van der Waals surface area contributed by atoms with Crippen molar-refractivity contribution in [3.05, 3.63) is 0 Å². The monoisotopic (exact) mass is 242 g/mol. The molecule has 0 radical (unpaired) electrons. The summed E-state index contributed by atoms with van der Waals surface area (Å²) in [6.45, 7) is 3.73. The summed E-state index contributed by atoms with van der Waals surface area (Å²) < 4.78 is 0. The largest absolute Gasteiger partial charge is 0.317 e. The summed E-state index contributed by atoms with van der Waals surface area (Å²) in [7, 11) is 1.95. The fraction of sp³-hybridized carbons (Fsp3) is 0.818.